The van der Waals surface area contributed by atoms with Crippen LogP contribution in [0.15, 0.2) is 54.6 Å². The van der Waals surface area contributed by atoms with Crippen LogP contribution in [0, 0.1) is 5.82 Å². The Morgan fingerprint density at radius 2 is 1.84 bits per heavy atom. The molecular formula is C18H18FN5O. The third-order valence-corrected chi connectivity index (χ3v) is 3.76. The molecule has 0 spiro atoms. The zero-order valence-corrected chi connectivity index (χ0v) is 13.6. The number of benzene rings is 2. The molecule has 0 aliphatic heterocycles. The summed E-state index contributed by atoms with van der Waals surface area (Å²) in [6.07, 6.45) is 2.08. The zero-order valence-electron chi connectivity index (χ0n) is 13.6. The third-order valence-electron chi connectivity index (χ3n) is 3.76. The fourth-order valence-corrected chi connectivity index (χ4v) is 2.46. The maximum Gasteiger partial charge on any atom is 0.220 e. The van der Waals surface area contributed by atoms with Crippen LogP contribution in [0.2, 0.25) is 0 Å². The van der Waals surface area contributed by atoms with E-state index in [1.54, 1.807) is 12.1 Å². The number of hydrogen-bond acceptors (Lipinski definition) is 4. The molecule has 3 aromatic rings. The van der Waals surface area contributed by atoms with Gasteiger partial charge in [-0.1, -0.05) is 30.3 Å². The van der Waals surface area contributed by atoms with Gasteiger partial charge in [0.1, 0.15) is 5.82 Å². The molecule has 6 nitrogen and oxygen atoms in total. The molecule has 0 radical (unpaired) electrons. The van der Waals surface area contributed by atoms with Gasteiger partial charge in [0.05, 0.1) is 12.2 Å². The Kier molecular flexibility index (Phi) is 5.46. The minimum absolute atomic E-state index is 0.0513. The van der Waals surface area contributed by atoms with Crippen molar-refractivity contribution in [2.24, 2.45) is 0 Å². The molecule has 7 heteroatoms. The molecular weight excluding hydrogens is 321 g/mol. The number of aryl methyl sites for hydroxylation is 1. The van der Waals surface area contributed by atoms with Crippen LogP contribution < -0.4 is 5.32 Å². The summed E-state index contributed by atoms with van der Waals surface area (Å²) in [5, 5.41) is 14.2. The first-order valence-corrected chi connectivity index (χ1v) is 8.06. The summed E-state index contributed by atoms with van der Waals surface area (Å²) < 4.78 is 14.5. The minimum atomic E-state index is -0.329. The predicted molar refractivity (Wildman–Crippen MR) is 90.3 cm³/mol. The van der Waals surface area contributed by atoms with Crippen molar-refractivity contribution in [3.8, 4) is 5.69 Å². The van der Waals surface area contributed by atoms with Crippen LogP contribution in [0.1, 0.15) is 24.2 Å². The van der Waals surface area contributed by atoms with Gasteiger partial charge in [0.2, 0.25) is 5.91 Å². The van der Waals surface area contributed by atoms with E-state index in [1.165, 1.54) is 22.4 Å². The van der Waals surface area contributed by atoms with E-state index in [9.17, 15) is 9.18 Å². The molecule has 0 fully saturated rings. The lowest BCUT2D eigenvalue weighted by atomic mass is 10.1. The predicted octanol–water partition coefficient (Wildman–Crippen LogP) is 2.44. The number of aromatic nitrogens is 4. The van der Waals surface area contributed by atoms with Gasteiger partial charge in [-0.15, -0.1) is 5.10 Å². The highest BCUT2D eigenvalue weighted by atomic mass is 19.1. The van der Waals surface area contributed by atoms with Gasteiger partial charge in [-0.05, 0) is 53.1 Å². The monoisotopic (exact) mass is 339 g/mol. The fourth-order valence-electron chi connectivity index (χ4n) is 2.46. The van der Waals surface area contributed by atoms with Crippen LogP contribution >= 0.6 is 0 Å². The van der Waals surface area contributed by atoms with Crippen molar-refractivity contribution in [2.45, 2.75) is 25.8 Å². The molecule has 1 amide bonds. The van der Waals surface area contributed by atoms with E-state index in [0.29, 0.717) is 17.9 Å². The summed E-state index contributed by atoms with van der Waals surface area (Å²) >= 11 is 0. The lowest BCUT2D eigenvalue weighted by Crippen LogP contribution is -2.24. The Morgan fingerprint density at radius 3 is 2.60 bits per heavy atom. The molecule has 0 aliphatic rings. The number of nitrogens with zero attached hydrogens (tertiary/aromatic N) is 4. The van der Waals surface area contributed by atoms with Crippen molar-refractivity contribution in [1.29, 1.82) is 0 Å². The molecule has 128 valence electrons. The molecule has 0 bridgehead atoms. The van der Waals surface area contributed by atoms with Crippen LogP contribution in [-0.2, 0) is 17.8 Å². The zero-order chi connectivity index (χ0) is 17.5. The average Bonchev–Trinajstić information content (AvgIpc) is 3.10. The van der Waals surface area contributed by atoms with E-state index in [0.717, 1.165) is 12.8 Å². The molecule has 25 heavy (non-hydrogen) atoms. The van der Waals surface area contributed by atoms with Gasteiger partial charge < -0.3 is 5.32 Å². The molecule has 0 aliphatic carbocycles. The summed E-state index contributed by atoms with van der Waals surface area (Å²) in [6.45, 7) is 0.217. The van der Waals surface area contributed by atoms with Crippen LogP contribution in [0.25, 0.3) is 5.69 Å². The standard InChI is InChI=1S/C18H18FN5O/c19-15-9-11-16(12-10-15)24-17(21-22-23-24)13-20-18(25)8-4-7-14-5-2-1-3-6-14/h1-3,5-6,9-12H,4,7-8,13H2,(H,20,25). The minimum Gasteiger partial charge on any atom is -0.349 e. The molecule has 1 aromatic heterocycles. The highest BCUT2D eigenvalue weighted by Crippen LogP contribution is 2.09. The molecule has 1 N–H and O–H groups in total. The molecule has 0 saturated carbocycles. The summed E-state index contributed by atoms with van der Waals surface area (Å²) in [7, 11) is 0. The number of hydrogen-bond donors (Lipinski definition) is 1. The van der Waals surface area contributed by atoms with Crippen LogP contribution in [0.3, 0.4) is 0 Å². The molecule has 3 rings (SSSR count). The Morgan fingerprint density at radius 1 is 1.08 bits per heavy atom. The first-order valence-electron chi connectivity index (χ1n) is 8.06. The first kappa shape index (κ1) is 16.8. The van der Waals surface area contributed by atoms with Crippen molar-refractivity contribution in [3.05, 3.63) is 71.8 Å². The number of amides is 1. The Labute approximate surface area is 144 Å². The topological polar surface area (TPSA) is 72.7 Å². The van der Waals surface area contributed by atoms with E-state index < -0.39 is 0 Å². The number of carbonyl (C=O) groups excluding carboxylic acids is 1. The quantitative estimate of drug-likeness (QED) is 0.718. The highest BCUT2D eigenvalue weighted by molar-refractivity contribution is 5.75. The number of nitrogens with one attached hydrogen (secondary N) is 1. The van der Waals surface area contributed by atoms with Crippen LogP contribution in [0.4, 0.5) is 4.39 Å². The number of rotatable bonds is 7. The summed E-state index contributed by atoms with van der Waals surface area (Å²) in [5.74, 6) is 0.109. The second-order valence-electron chi connectivity index (χ2n) is 5.60. The average molecular weight is 339 g/mol. The van der Waals surface area contributed by atoms with E-state index in [1.807, 2.05) is 18.2 Å². The Bertz CT molecular complexity index is 817. The Hall–Kier alpha value is -3.09. The van der Waals surface area contributed by atoms with Crippen molar-refractivity contribution in [2.75, 3.05) is 0 Å². The van der Waals surface area contributed by atoms with Gasteiger partial charge in [-0.25, -0.2) is 4.39 Å². The SMILES string of the molecule is O=C(CCCc1ccccc1)NCc1nnnn1-c1ccc(F)cc1. The Balaban J connectivity index is 1.49. The second kappa shape index (κ2) is 8.14. The number of halogens is 1. The van der Waals surface area contributed by atoms with Crippen molar-refractivity contribution < 1.29 is 9.18 Å². The largest absolute Gasteiger partial charge is 0.349 e. The summed E-state index contributed by atoms with van der Waals surface area (Å²) in [5.41, 5.74) is 1.86. The maximum atomic E-state index is 13.0. The first-order chi connectivity index (χ1) is 12.2. The van der Waals surface area contributed by atoms with Gasteiger partial charge >= 0.3 is 0 Å². The van der Waals surface area contributed by atoms with Gasteiger partial charge in [0, 0.05) is 6.42 Å². The molecule has 2 aromatic carbocycles. The van der Waals surface area contributed by atoms with E-state index in [-0.39, 0.29) is 18.3 Å². The number of carbonyl (C=O) groups is 1. The van der Waals surface area contributed by atoms with Crippen LogP contribution in [0.5, 0.6) is 0 Å². The van der Waals surface area contributed by atoms with E-state index in [4.69, 9.17) is 0 Å². The fraction of sp³-hybridized carbons (Fsp3) is 0.222. The molecule has 1 heterocycles. The molecule has 0 unspecified atom stereocenters. The van der Waals surface area contributed by atoms with Crippen molar-refractivity contribution in [3.63, 3.8) is 0 Å². The van der Waals surface area contributed by atoms with Crippen molar-refractivity contribution >= 4 is 5.91 Å². The number of tetrazole rings is 1. The molecule has 0 saturated heterocycles. The highest BCUT2D eigenvalue weighted by Gasteiger charge is 2.10. The van der Waals surface area contributed by atoms with Gasteiger partial charge in [0.25, 0.3) is 0 Å². The maximum absolute atomic E-state index is 13.0. The lowest BCUT2D eigenvalue weighted by Gasteiger charge is -2.06. The molecule has 0 atom stereocenters. The van der Waals surface area contributed by atoms with Crippen molar-refractivity contribution in [1.82, 2.24) is 25.5 Å². The lowest BCUT2D eigenvalue weighted by molar-refractivity contribution is -0.121. The van der Waals surface area contributed by atoms with E-state index >= 15 is 0 Å². The third kappa shape index (κ3) is 4.69. The normalized spacial score (nSPS) is 10.6. The van der Waals surface area contributed by atoms with E-state index in [2.05, 4.69) is 33.0 Å². The smallest absolute Gasteiger partial charge is 0.220 e. The summed E-state index contributed by atoms with van der Waals surface area (Å²) in [4.78, 5) is 12.0. The second-order valence-corrected chi connectivity index (χ2v) is 5.60. The van der Waals surface area contributed by atoms with Gasteiger partial charge in [-0.2, -0.15) is 4.68 Å². The summed E-state index contributed by atoms with van der Waals surface area (Å²) in [6, 6.07) is 15.9. The van der Waals surface area contributed by atoms with Crippen LogP contribution in [-0.4, -0.2) is 26.1 Å². The van der Waals surface area contributed by atoms with Gasteiger partial charge in [-0.3, -0.25) is 4.79 Å². The van der Waals surface area contributed by atoms with Gasteiger partial charge in [0.15, 0.2) is 5.82 Å².